The summed E-state index contributed by atoms with van der Waals surface area (Å²) >= 11 is 6.01. The minimum Gasteiger partial charge on any atom is -0.378 e. The second-order valence-corrected chi connectivity index (χ2v) is 4.94. The van der Waals surface area contributed by atoms with Crippen LogP contribution in [0.2, 0.25) is 0 Å². The van der Waals surface area contributed by atoms with Crippen molar-refractivity contribution in [1.29, 1.82) is 0 Å². The Bertz CT molecular complexity index is 410. The van der Waals surface area contributed by atoms with Gasteiger partial charge in [0.25, 0.3) is 0 Å². The van der Waals surface area contributed by atoms with Crippen molar-refractivity contribution in [3.63, 3.8) is 0 Å². The monoisotopic (exact) mass is 260 g/mol. The molecule has 1 aromatic rings. The van der Waals surface area contributed by atoms with Gasteiger partial charge in [0.15, 0.2) is 0 Å². The van der Waals surface area contributed by atoms with E-state index < -0.39 is 5.82 Å². The zero-order chi connectivity index (χ0) is 12.5. The molecule has 1 fully saturated rings. The highest BCUT2D eigenvalue weighted by molar-refractivity contribution is 6.18. The second-order valence-electron chi connectivity index (χ2n) is 4.67. The highest BCUT2D eigenvalue weighted by atomic mass is 35.5. The quantitative estimate of drug-likeness (QED) is 0.756. The SMILES string of the molecule is CC1OCCC1(CCl)Cc1cc(F)ccc1F. The maximum absolute atomic E-state index is 13.6. The topological polar surface area (TPSA) is 9.23 Å². The van der Waals surface area contributed by atoms with E-state index in [0.29, 0.717) is 24.5 Å². The van der Waals surface area contributed by atoms with Gasteiger partial charge in [-0.05, 0) is 43.5 Å². The molecule has 1 saturated heterocycles. The lowest BCUT2D eigenvalue weighted by Crippen LogP contribution is -2.33. The van der Waals surface area contributed by atoms with Gasteiger partial charge in [0.05, 0.1) is 6.10 Å². The number of rotatable bonds is 3. The second kappa shape index (κ2) is 4.91. The third-order valence-corrected chi connectivity index (χ3v) is 4.18. The van der Waals surface area contributed by atoms with Gasteiger partial charge in [-0.3, -0.25) is 0 Å². The van der Waals surface area contributed by atoms with E-state index in [4.69, 9.17) is 16.3 Å². The molecule has 2 unspecified atom stereocenters. The summed E-state index contributed by atoms with van der Waals surface area (Å²) in [5.41, 5.74) is 0.0962. The van der Waals surface area contributed by atoms with Gasteiger partial charge in [0.2, 0.25) is 0 Å². The fourth-order valence-corrected chi connectivity index (χ4v) is 2.78. The van der Waals surface area contributed by atoms with E-state index in [0.717, 1.165) is 18.6 Å². The van der Waals surface area contributed by atoms with Crippen LogP contribution in [0.15, 0.2) is 18.2 Å². The molecule has 2 atom stereocenters. The highest BCUT2D eigenvalue weighted by Crippen LogP contribution is 2.39. The first-order valence-corrected chi connectivity index (χ1v) is 6.22. The fraction of sp³-hybridized carbons (Fsp3) is 0.538. The van der Waals surface area contributed by atoms with Gasteiger partial charge in [0, 0.05) is 17.9 Å². The molecule has 17 heavy (non-hydrogen) atoms. The molecule has 1 nitrogen and oxygen atoms in total. The third-order valence-electron chi connectivity index (χ3n) is 3.65. The van der Waals surface area contributed by atoms with Gasteiger partial charge in [-0.15, -0.1) is 11.6 Å². The average molecular weight is 261 g/mol. The van der Waals surface area contributed by atoms with Crippen LogP contribution in [-0.2, 0) is 11.2 Å². The van der Waals surface area contributed by atoms with E-state index in [1.807, 2.05) is 6.92 Å². The molecule has 0 spiro atoms. The third kappa shape index (κ3) is 2.45. The summed E-state index contributed by atoms with van der Waals surface area (Å²) in [7, 11) is 0. The first kappa shape index (κ1) is 12.8. The highest BCUT2D eigenvalue weighted by Gasteiger charge is 2.41. The molecule has 0 aliphatic carbocycles. The maximum Gasteiger partial charge on any atom is 0.126 e. The van der Waals surface area contributed by atoms with Crippen LogP contribution in [0.4, 0.5) is 8.78 Å². The lowest BCUT2D eigenvalue weighted by molar-refractivity contribution is 0.0731. The minimum absolute atomic E-state index is 0.0253. The summed E-state index contributed by atoms with van der Waals surface area (Å²) in [5, 5.41) is 0. The summed E-state index contributed by atoms with van der Waals surface area (Å²) in [6, 6.07) is 3.53. The van der Waals surface area contributed by atoms with Crippen molar-refractivity contribution < 1.29 is 13.5 Å². The summed E-state index contributed by atoms with van der Waals surface area (Å²) in [6.45, 7) is 2.57. The first-order chi connectivity index (χ1) is 8.07. The normalized spacial score (nSPS) is 28.6. The Morgan fingerprint density at radius 1 is 1.47 bits per heavy atom. The van der Waals surface area contributed by atoms with Crippen LogP contribution in [0.3, 0.4) is 0 Å². The van der Waals surface area contributed by atoms with Crippen LogP contribution < -0.4 is 0 Å². The molecule has 0 aromatic heterocycles. The van der Waals surface area contributed by atoms with Gasteiger partial charge in [0.1, 0.15) is 11.6 Å². The summed E-state index contributed by atoms with van der Waals surface area (Å²) < 4.78 is 32.2. The molecule has 1 aromatic carbocycles. The number of hydrogen-bond acceptors (Lipinski definition) is 1. The lowest BCUT2D eigenvalue weighted by atomic mass is 9.78. The molecule has 94 valence electrons. The van der Waals surface area contributed by atoms with E-state index in [-0.39, 0.29) is 17.3 Å². The Balaban J connectivity index is 2.27. The van der Waals surface area contributed by atoms with E-state index in [1.165, 1.54) is 6.07 Å². The molecule has 2 rings (SSSR count). The Morgan fingerprint density at radius 2 is 2.24 bits per heavy atom. The van der Waals surface area contributed by atoms with Crippen LogP contribution in [-0.4, -0.2) is 18.6 Å². The number of hydrogen-bond donors (Lipinski definition) is 0. The Labute approximate surface area is 105 Å². The Morgan fingerprint density at radius 3 is 2.82 bits per heavy atom. The number of benzene rings is 1. The predicted octanol–water partition coefficient (Wildman–Crippen LogP) is 3.54. The van der Waals surface area contributed by atoms with Gasteiger partial charge < -0.3 is 4.74 Å². The van der Waals surface area contributed by atoms with Crippen molar-refractivity contribution in [2.75, 3.05) is 12.5 Å². The van der Waals surface area contributed by atoms with E-state index >= 15 is 0 Å². The van der Waals surface area contributed by atoms with Crippen molar-refractivity contribution >= 4 is 11.6 Å². The van der Waals surface area contributed by atoms with E-state index in [1.54, 1.807) is 0 Å². The number of ether oxygens (including phenoxy) is 1. The van der Waals surface area contributed by atoms with Gasteiger partial charge in [-0.25, -0.2) is 8.78 Å². The van der Waals surface area contributed by atoms with Crippen molar-refractivity contribution in [2.24, 2.45) is 5.41 Å². The van der Waals surface area contributed by atoms with E-state index in [2.05, 4.69) is 0 Å². The molecule has 0 bridgehead atoms. The molecular weight excluding hydrogens is 246 g/mol. The molecule has 1 heterocycles. The van der Waals surface area contributed by atoms with Crippen LogP contribution in [0.5, 0.6) is 0 Å². The molecular formula is C13H15ClF2O. The van der Waals surface area contributed by atoms with Crippen LogP contribution in [0.25, 0.3) is 0 Å². The van der Waals surface area contributed by atoms with Gasteiger partial charge in [-0.1, -0.05) is 0 Å². The largest absolute Gasteiger partial charge is 0.378 e. The number of halogens is 3. The van der Waals surface area contributed by atoms with E-state index in [9.17, 15) is 8.78 Å². The first-order valence-electron chi connectivity index (χ1n) is 5.69. The zero-order valence-corrected chi connectivity index (χ0v) is 10.4. The molecule has 1 aliphatic heterocycles. The summed E-state index contributed by atoms with van der Waals surface area (Å²) in [4.78, 5) is 0. The van der Waals surface area contributed by atoms with Crippen LogP contribution >= 0.6 is 11.6 Å². The zero-order valence-electron chi connectivity index (χ0n) is 9.68. The molecule has 1 aliphatic rings. The van der Waals surface area contributed by atoms with Crippen molar-refractivity contribution in [2.45, 2.75) is 25.9 Å². The predicted molar refractivity (Wildman–Crippen MR) is 63.2 cm³/mol. The fourth-order valence-electron chi connectivity index (χ4n) is 2.33. The van der Waals surface area contributed by atoms with Crippen molar-refractivity contribution in [3.8, 4) is 0 Å². The molecule has 0 radical (unpaired) electrons. The van der Waals surface area contributed by atoms with Gasteiger partial charge >= 0.3 is 0 Å². The smallest absolute Gasteiger partial charge is 0.126 e. The van der Waals surface area contributed by atoms with Crippen molar-refractivity contribution in [1.82, 2.24) is 0 Å². The van der Waals surface area contributed by atoms with Crippen molar-refractivity contribution in [3.05, 3.63) is 35.4 Å². The average Bonchev–Trinajstić information content (AvgIpc) is 2.66. The standard InChI is InChI=1S/C13H15ClF2O/c1-9-13(8-14,4-5-17-9)7-10-6-11(15)2-3-12(10)16/h2-3,6,9H,4-5,7-8H2,1H3. The van der Waals surface area contributed by atoms with Gasteiger partial charge in [-0.2, -0.15) is 0 Å². The maximum atomic E-state index is 13.6. The molecule has 0 amide bonds. The van der Waals surface area contributed by atoms with Crippen LogP contribution in [0.1, 0.15) is 18.9 Å². The molecule has 0 N–H and O–H groups in total. The Hall–Kier alpha value is -0.670. The lowest BCUT2D eigenvalue weighted by Gasteiger charge is -2.30. The molecule has 4 heteroatoms. The minimum atomic E-state index is -0.419. The van der Waals surface area contributed by atoms with Crippen LogP contribution in [0, 0.1) is 17.0 Å². The Kier molecular flexibility index (Phi) is 3.69. The summed E-state index contributed by atoms with van der Waals surface area (Å²) in [5.74, 6) is -0.405. The molecule has 0 saturated carbocycles. The number of alkyl halides is 1. The summed E-state index contributed by atoms with van der Waals surface area (Å²) in [6.07, 6.45) is 1.18.